The van der Waals surface area contributed by atoms with Crippen molar-refractivity contribution in [2.75, 3.05) is 26.3 Å². The molecule has 1 aliphatic heterocycles. The highest BCUT2D eigenvalue weighted by atomic mass is 16.5. The van der Waals surface area contributed by atoms with E-state index in [-0.39, 0.29) is 29.8 Å². The van der Waals surface area contributed by atoms with Gasteiger partial charge in [0.25, 0.3) is 0 Å². The van der Waals surface area contributed by atoms with Crippen LogP contribution in [0.4, 0.5) is 0 Å². The van der Waals surface area contributed by atoms with Gasteiger partial charge in [-0.25, -0.2) is 0 Å². The van der Waals surface area contributed by atoms with Crippen molar-refractivity contribution in [2.45, 2.75) is 39.5 Å². The van der Waals surface area contributed by atoms with Gasteiger partial charge in [0.1, 0.15) is 5.76 Å². The predicted molar refractivity (Wildman–Crippen MR) is 85.6 cm³/mol. The highest BCUT2D eigenvalue weighted by Crippen LogP contribution is 2.32. The second kappa shape index (κ2) is 7.64. The third-order valence-corrected chi connectivity index (χ3v) is 3.98. The number of carbonyl (C=O) groups excluding carboxylic acids is 1. The predicted octanol–water partition coefficient (Wildman–Crippen LogP) is 2.03. The number of morpholine rings is 1. The Bertz CT molecular complexity index is 601. The molecule has 6 nitrogen and oxygen atoms in total. The number of ether oxygens (including phenoxy) is 1. The van der Waals surface area contributed by atoms with Gasteiger partial charge in [-0.2, -0.15) is 0 Å². The van der Waals surface area contributed by atoms with Crippen LogP contribution in [-0.2, 0) is 9.53 Å². The molecular weight excluding hydrogens is 298 g/mol. The molecule has 0 radical (unpaired) electrons. The number of hydrogen-bond donors (Lipinski definition) is 1. The largest absolute Gasteiger partial charge is 0.502 e. The quantitative estimate of drug-likeness (QED) is 0.897. The Morgan fingerprint density at radius 3 is 2.61 bits per heavy atom. The van der Waals surface area contributed by atoms with Crippen molar-refractivity contribution in [2.24, 2.45) is 5.92 Å². The van der Waals surface area contributed by atoms with E-state index in [1.54, 1.807) is 11.8 Å². The molecule has 1 aromatic rings. The number of amides is 1. The molecule has 0 aliphatic carbocycles. The third-order valence-electron chi connectivity index (χ3n) is 3.98. The minimum Gasteiger partial charge on any atom is -0.502 e. The van der Waals surface area contributed by atoms with Crippen molar-refractivity contribution in [3.8, 4) is 5.75 Å². The zero-order chi connectivity index (χ0) is 17.0. The van der Waals surface area contributed by atoms with Crippen LogP contribution in [0.25, 0.3) is 0 Å². The van der Waals surface area contributed by atoms with E-state index in [4.69, 9.17) is 9.15 Å². The summed E-state index contributed by atoms with van der Waals surface area (Å²) in [5.74, 6) is 0.292. The number of hydrogen-bond acceptors (Lipinski definition) is 5. The van der Waals surface area contributed by atoms with E-state index < -0.39 is 5.43 Å². The molecular formula is C17H25NO5. The van der Waals surface area contributed by atoms with E-state index >= 15 is 0 Å². The molecule has 2 rings (SSSR count). The maximum Gasteiger partial charge on any atom is 0.227 e. The summed E-state index contributed by atoms with van der Waals surface area (Å²) in [6.07, 6.45) is 0.883. The number of carbonyl (C=O) groups is 1. The molecule has 1 aliphatic rings. The van der Waals surface area contributed by atoms with Gasteiger partial charge >= 0.3 is 0 Å². The van der Waals surface area contributed by atoms with E-state index in [2.05, 4.69) is 0 Å². The fourth-order valence-corrected chi connectivity index (χ4v) is 2.91. The maximum atomic E-state index is 12.5. The summed E-state index contributed by atoms with van der Waals surface area (Å²) < 4.78 is 10.9. The smallest absolute Gasteiger partial charge is 0.227 e. The lowest BCUT2D eigenvalue weighted by Crippen LogP contribution is -2.41. The number of aromatic hydroxyl groups is 1. The molecule has 0 aromatic carbocycles. The first-order chi connectivity index (χ1) is 10.9. The van der Waals surface area contributed by atoms with Crippen LogP contribution in [0.2, 0.25) is 0 Å². The van der Waals surface area contributed by atoms with Gasteiger partial charge in [0.2, 0.25) is 17.1 Å². The Balaban J connectivity index is 2.23. The van der Waals surface area contributed by atoms with Gasteiger partial charge in [0.05, 0.1) is 13.2 Å². The van der Waals surface area contributed by atoms with Crippen LogP contribution in [-0.4, -0.2) is 42.2 Å². The molecule has 23 heavy (non-hydrogen) atoms. The van der Waals surface area contributed by atoms with Crippen LogP contribution in [0.15, 0.2) is 15.3 Å². The summed E-state index contributed by atoms with van der Waals surface area (Å²) in [4.78, 5) is 26.1. The minimum atomic E-state index is -0.462. The van der Waals surface area contributed by atoms with Gasteiger partial charge in [-0.05, 0) is 19.3 Å². The van der Waals surface area contributed by atoms with Gasteiger partial charge in [0.15, 0.2) is 5.76 Å². The summed E-state index contributed by atoms with van der Waals surface area (Å²) >= 11 is 0. The van der Waals surface area contributed by atoms with Crippen LogP contribution in [0.5, 0.6) is 5.75 Å². The average Bonchev–Trinajstić information content (AvgIpc) is 2.50. The zero-order valence-electron chi connectivity index (χ0n) is 14.0. The van der Waals surface area contributed by atoms with E-state index in [1.807, 2.05) is 13.8 Å². The van der Waals surface area contributed by atoms with Gasteiger partial charge < -0.3 is 19.2 Å². The topological polar surface area (TPSA) is 80.0 Å². The van der Waals surface area contributed by atoms with Crippen molar-refractivity contribution in [1.82, 2.24) is 4.90 Å². The van der Waals surface area contributed by atoms with Gasteiger partial charge in [0, 0.05) is 31.5 Å². The number of rotatable bonds is 5. The average molecular weight is 323 g/mol. The van der Waals surface area contributed by atoms with E-state index in [1.165, 1.54) is 6.07 Å². The van der Waals surface area contributed by atoms with Crippen molar-refractivity contribution in [3.05, 3.63) is 27.8 Å². The summed E-state index contributed by atoms with van der Waals surface area (Å²) in [5, 5.41) is 10.1. The van der Waals surface area contributed by atoms with Crippen LogP contribution >= 0.6 is 0 Å². The van der Waals surface area contributed by atoms with Crippen LogP contribution in [0, 0.1) is 12.8 Å². The van der Waals surface area contributed by atoms with Crippen molar-refractivity contribution >= 4 is 5.91 Å². The Kier molecular flexibility index (Phi) is 5.82. The van der Waals surface area contributed by atoms with Crippen LogP contribution in [0.1, 0.15) is 44.1 Å². The molecule has 0 unspecified atom stereocenters. The Hall–Kier alpha value is -1.82. The minimum absolute atomic E-state index is 0.00232. The lowest BCUT2D eigenvalue weighted by molar-refractivity contribution is -0.135. The summed E-state index contributed by atoms with van der Waals surface area (Å²) in [6, 6.07) is 1.26. The fraction of sp³-hybridized carbons (Fsp3) is 0.647. The lowest BCUT2D eigenvalue weighted by Gasteiger charge is -2.28. The maximum absolute atomic E-state index is 12.5. The molecule has 1 atom stereocenters. The first-order valence-corrected chi connectivity index (χ1v) is 8.07. The SMILES string of the molecule is Cc1cc(=O)c(O)c([C@@H](CC(=O)N2CCOCC2)CC(C)C)o1. The number of aryl methyl sites for hydroxylation is 1. The van der Waals surface area contributed by atoms with Gasteiger partial charge in [-0.3, -0.25) is 9.59 Å². The summed E-state index contributed by atoms with van der Waals surface area (Å²) in [5.41, 5.74) is -0.462. The van der Waals surface area contributed by atoms with Gasteiger partial charge in [-0.15, -0.1) is 0 Å². The number of nitrogens with zero attached hydrogens (tertiary/aromatic N) is 1. The van der Waals surface area contributed by atoms with Crippen LogP contribution < -0.4 is 5.43 Å². The molecule has 1 aromatic heterocycles. The first kappa shape index (κ1) is 17.5. The van der Waals surface area contributed by atoms with Crippen molar-refractivity contribution < 1.29 is 19.1 Å². The Morgan fingerprint density at radius 2 is 2.00 bits per heavy atom. The first-order valence-electron chi connectivity index (χ1n) is 8.07. The molecule has 1 saturated heterocycles. The summed E-state index contributed by atoms with van der Waals surface area (Å²) in [7, 11) is 0. The zero-order valence-corrected chi connectivity index (χ0v) is 14.0. The van der Waals surface area contributed by atoms with Crippen LogP contribution in [0.3, 0.4) is 0 Å². The Labute approximate surface area is 136 Å². The fourth-order valence-electron chi connectivity index (χ4n) is 2.91. The highest BCUT2D eigenvalue weighted by molar-refractivity contribution is 5.77. The molecule has 0 spiro atoms. The van der Waals surface area contributed by atoms with Crippen molar-refractivity contribution in [1.29, 1.82) is 0 Å². The van der Waals surface area contributed by atoms with Crippen molar-refractivity contribution in [3.63, 3.8) is 0 Å². The molecule has 2 heterocycles. The normalized spacial score (nSPS) is 16.6. The molecule has 0 bridgehead atoms. The second-order valence-corrected chi connectivity index (χ2v) is 6.46. The molecule has 1 fully saturated rings. The highest BCUT2D eigenvalue weighted by Gasteiger charge is 2.27. The van der Waals surface area contributed by atoms with Gasteiger partial charge in [-0.1, -0.05) is 13.8 Å². The second-order valence-electron chi connectivity index (χ2n) is 6.46. The molecule has 128 valence electrons. The van der Waals surface area contributed by atoms with E-state index in [0.29, 0.717) is 44.4 Å². The monoisotopic (exact) mass is 323 g/mol. The molecule has 0 saturated carbocycles. The van der Waals surface area contributed by atoms with E-state index in [0.717, 1.165) is 0 Å². The molecule has 1 N–H and O–H groups in total. The molecule has 6 heteroatoms. The standard InChI is InChI=1S/C17H25NO5/c1-11(2)8-13(10-15(20)18-4-6-22-7-5-18)17-16(21)14(19)9-12(3)23-17/h9,11,13,21H,4-8,10H2,1-3H3/t13-/m1/s1. The van der Waals surface area contributed by atoms with E-state index in [9.17, 15) is 14.7 Å². The summed E-state index contributed by atoms with van der Waals surface area (Å²) in [6.45, 7) is 8.00. The Morgan fingerprint density at radius 1 is 1.35 bits per heavy atom. The lowest BCUT2D eigenvalue weighted by atomic mass is 9.90. The molecule has 1 amide bonds. The third kappa shape index (κ3) is 4.58.